The molecule has 0 aliphatic carbocycles. The van der Waals surface area contributed by atoms with Gasteiger partial charge in [-0.25, -0.2) is 5.43 Å². The van der Waals surface area contributed by atoms with Crippen LogP contribution in [-0.2, 0) is 0 Å². The van der Waals surface area contributed by atoms with Gasteiger partial charge in [-0.05, 0) is 29.3 Å². The van der Waals surface area contributed by atoms with Gasteiger partial charge < -0.3 is 0 Å². The van der Waals surface area contributed by atoms with Crippen molar-refractivity contribution in [3.05, 3.63) is 68.1 Å². The van der Waals surface area contributed by atoms with Crippen LogP contribution >= 0.6 is 39.1 Å². The molecule has 5 heteroatoms. The highest BCUT2D eigenvalue weighted by atomic mass is 79.9. The van der Waals surface area contributed by atoms with Crippen molar-refractivity contribution < 1.29 is 0 Å². The van der Waals surface area contributed by atoms with Crippen LogP contribution in [0.3, 0.4) is 0 Å². The minimum Gasteiger partial charge on any atom is -0.271 e. The minimum absolute atomic E-state index is 0.143. The van der Waals surface area contributed by atoms with Gasteiger partial charge in [-0.1, -0.05) is 63.4 Å². The second-order valence-corrected chi connectivity index (χ2v) is 5.46. The van der Waals surface area contributed by atoms with E-state index in [4.69, 9.17) is 29.0 Å². The molecule has 0 radical (unpaired) electrons. The Bertz CT molecular complexity index is 560. The van der Waals surface area contributed by atoms with E-state index >= 15 is 0 Å². The summed E-state index contributed by atoms with van der Waals surface area (Å²) < 4.78 is 0.985. The Morgan fingerprint density at radius 2 is 1.78 bits per heavy atom. The fraction of sp³-hybridized carbons (Fsp3) is 0.0769. The van der Waals surface area contributed by atoms with Gasteiger partial charge in [0.2, 0.25) is 0 Å². The molecule has 2 aromatic carbocycles. The molecule has 2 nitrogen and oxygen atoms in total. The van der Waals surface area contributed by atoms with E-state index in [9.17, 15) is 0 Å². The Morgan fingerprint density at radius 1 is 1.06 bits per heavy atom. The second-order valence-electron chi connectivity index (χ2n) is 3.79. The monoisotopic (exact) mass is 344 g/mol. The highest BCUT2D eigenvalue weighted by Gasteiger charge is 2.15. The zero-order chi connectivity index (χ0) is 13.1. The number of nitrogens with two attached hydrogens (primary N) is 1. The molecule has 0 aliphatic heterocycles. The van der Waals surface area contributed by atoms with Gasteiger partial charge in [-0.15, -0.1) is 0 Å². The summed E-state index contributed by atoms with van der Waals surface area (Å²) in [5, 5.41) is 1.05. The van der Waals surface area contributed by atoms with E-state index in [-0.39, 0.29) is 6.04 Å². The van der Waals surface area contributed by atoms with Crippen LogP contribution in [0.25, 0.3) is 0 Å². The summed E-state index contributed by atoms with van der Waals surface area (Å²) in [6.07, 6.45) is 0. The van der Waals surface area contributed by atoms with Crippen molar-refractivity contribution >= 4 is 39.1 Å². The molecule has 1 unspecified atom stereocenters. The fourth-order valence-corrected chi connectivity index (χ4v) is 2.59. The largest absolute Gasteiger partial charge is 0.271 e. The first-order valence-electron chi connectivity index (χ1n) is 5.29. The normalized spacial score (nSPS) is 12.4. The van der Waals surface area contributed by atoms with E-state index < -0.39 is 0 Å². The molecule has 0 fully saturated rings. The van der Waals surface area contributed by atoms with Crippen LogP contribution in [0.4, 0.5) is 0 Å². The number of hydrogen-bond donors (Lipinski definition) is 2. The first-order valence-corrected chi connectivity index (χ1v) is 6.84. The highest BCUT2D eigenvalue weighted by molar-refractivity contribution is 9.10. The van der Waals surface area contributed by atoms with Crippen molar-refractivity contribution in [3.8, 4) is 0 Å². The van der Waals surface area contributed by atoms with E-state index in [0.29, 0.717) is 10.0 Å². The quantitative estimate of drug-likeness (QED) is 0.642. The van der Waals surface area contributed by atoms with Gasteiger partial charge in [-0.2, -0.15) is 0 Å². The standard InChI is InChI=1S/C13H11BrCl2N2/c14-10-4-2-1-3-9(10)13(18-17)8-5-6-11(15)12(16)7-8/h1-7,13,18H,17H2. The minimum atomic E-state index is -0.143. The molecular weight excluding hydrogens is 335 g/mol. The van der Waals surface area contributed by atoms with Crippen LogP contribution in [0.15, 0.2) is 46.9 Å². The van der Waals surface area contributed by atoms with Crippen molar-refractivity contribution in [1.82, 2.24) is 5.43 Å². The maximum Gasteiger partial charge on any atom is 0.0721 e. The third-order valence-electron chi connectivity index (χ3n) is 2.66. The van der Waals surface area contributed by atoms with Gasteiger partial charge in [0.15, 0.2) is 0 Å². The fourth-order valence-electron chi connectivity index (χ4n) is 1.77. The SMILES string of the molecule is NNC(c1ccc(Cl)c(Cl)c1)c1ccccc1Br. The van der Waals surface area contributed by atoms with E-state index in [2.05, 4.69) is 21.4 Å². The molecule has 3 N–H and O–H groups in total. The first kappa shape index (κ1) is 13.8. The Labute approximate surface area is 124 Å². The van der Waals surface area contributed by atoms with Gasteiger partial charge in [-0.3, -0.25) is 5.84 Å². The summed E-state index contributed by atoms with van der Waals surface area (Å²) in [7, 11) is 0. The van der Waals surface area contributed by atoms with Crippen LogP contribution in [-0.4, -0.2) is 0 Å². The zero-order valence-corrected chi connectivity index (χ0v) is 12.4. The predicted molar refractivity (Wildman–Crippen MR) is 79.8 cm³/mol. The average molecular weight is 346 g/mol. The van der Waals surface area contributed by atoms with E-state index in [0.717, 1.165) is 15.6 Å². The first-order chi connectivity index (χ1) is 8.63. The second kappa shape index (κ2) is 6.04. The molecule has 2 aromatic rings. The lowest BCUT2D eigenvalue weighted by Gasteiger charge is -2.18. The van der Waals surface area contributed by atoms with Crippen molar-refractivity contribution in [2.75, 3.05) is 0 Å². The van der Waals surface area contributed by atoms with Gasteiger partial charge in [0, 0.05) is 4.47 Å². The smallest absolute Gasteiger partial charge is 0.0721 e. The Morgan fingerprint density at radius 3 is 2.39 bits per heavy atom. The van der Waals surface area contributed by atoms with E-state index in [1.165, 1.54) is 0 Å². The molecule has 0 saturated carbocycles. The molecule has 0 spiro atoms. The molecule has 0 aromatic heterocycles. The molecule has 94 valence electrons. The molecule has 0 bridgehead atoms. The Hall–Kier alpha value is -0.580. The lowest BCUT2D eigenvalue weighted by molar-refractivity contribution is 0.635. The number of benzene rings is 2. The van der Waals surface area contributed by atoms with E-state index in [1.54, 1.807) is 6.07 Å². The third kappa shape index (κ3) is 2.87. The summed E-state index contributed by atoms with van der Waals surface area (Å²) in [5.74, 6) is 5.65. The maximum atomic E-state index is 6.03. The van der Waals surface area contributed by atoms with Gasteiger partial charge >= 0.3 is 0 Å². The van der Waals surface area contributed by atoms with Crippen LogP contribution in [0.2, 0.25) is 10.0 Å². The topological polar surface area (TPSA) is 38.0 Å². The zero-order valence-electron chi connectivity index (χ0n) is 9.33. The highest BCUT2D eigenvalue weighted by Crippen LogP contribution is 2.31. The maximum absolute atomic E-state index is 6.03. The molecule has 0 aliphatic rings. The van der Waals surface area contributed by atoms with Crippen molar-refractivity contribution in [3.63, 3.8) is 0 Å². The number of hydrogen-bond acceptors (Lipinski definition) is 2. The Kier molecular flexibility index (Phi) is 4.65. The van der Waals surface area contributed by atoms with Crippen molar-refractivity contribution in [1.29, 1.82) is 0 Å². The van der Waals surface area contributed by atoms with Crippen LogP contribution in [0.5, 0.6) is 0 Å². The van der Waals surface area contributed by atoms with Gasteiger partial charge in [0.05, 0.1) is 16.1 Å². The molecule has 0 amide bonds. The summed E-state index contributed by atoms with van der Waals surface area (Å²) in [4.78, 5) is 0. The number of rotatable bonds is 3. The number of nitrogens with one attached hydrogen (secondary N) is 1. The van der Waals surface area contributed by atoms with Crippen molar-refractivity contribution in [2.24, 2.45) is 5.84 Å². The lowest BCUT2D eigenvalue weighted by atomic mass is 9.99. The molecule has 0 heterocycles. The average Bonchev–Trinajstić information content (AvgIpc) is 2.37. The molecule has 0 saturated heterocycles. The predicted octanol–water partition coefficient (Wildman–Crippen LogP) is 4.31. The van der Waals surface area contributed by atoms with E-state index in [1.807, 2.05) is 36.4 Å². The third-order valence-corrected chi connectivity index (χ3v) is 4.12. The number of hydrazine groups is 1. The summed E-state index contributed by atoms with van der Waals surface area (Å²) in [6, 6.07) is 13.2. The van der Waals surface area contributed by atoms with Crippen molar-refractivity contribution in [2.45, 2.75) is 6.04 Å². The molecule has 2 rings (SSSR count). The van der Waals surface area contributed by atoms with Gasteiger partial charge in [0.25, 0.3) is 0 Å². The van der Waals surface area contributed by atoms with Crippen LogP contribution in [0.1, 0.15) is 17.2 Å². The Balaban J connectivity index is 2.45. The van der Waals surface area contributed by atoms with Crippen LogP contribution < -0.4 is 11.3 Å². The van der Waals surface area contributed by atoms with Gasteiger partial charge in [0.1, 0.15) is 0 Å². The summed E-state index contributed by atoms with van der Waals surface area (Å²) in [6.45, 7) is 0. The molecule has 1 atom stereocenters. The van der Waals surface area contributed by atoms with Crippen LogP contribution in [0, 0.1) is 0 Å². The summed E-state index contributed by atoms with van der Waals surface area (Å²) in [5.41, 5.74) is 4.79. The molecular formula is C13H11BrCl2N2. The lowest BCUT2D eigenvalue weighted by Crippen LogP contribution is -2.29. The molecule has 18 heavy (non-hydrogen) atoms. The number of halogens is 3. The summed E-state index contributed by atoms with van der Waals surface area (Å²) >= 11 is 15.5.